The van der Waals surface area contributed by atoms with E-state index in [1.54, 1.807) is 17.0 Å². The number of nitrogens with zero attached hydrogens (tertiary/aromatic N) is 1. The first kappa shape index (κ1) is 15.4. The van der Waals surface area contributed by atoms with E-state index in [1.807, 2.05) is 0 Å². The van der Waals surface area contributed by atoms with Crippen LogP contribution in [0, 0.1) is 5.82 Å². The number of amides is 1. The summed E-state index contributed by atoms with van der Waals surface area (Å²) in [5.74, 6) is -0.496. The molecule has 4 nitrogen and oxygen atoms in total. The van der Waals surface area contributed by atoms with Crippen LogP contribution in [-0.2, 0) is 11.3 Å². The number of hydrogen-bond acceptors (Lipinski definition) is 3. The van der Waals surface area contributed by atoms with Gasteiger partial charge >= 0.3 is 0 Å². The number of hydrogen-bond donors (Lipinski definition) is 2. The molecule has 2 fully saturated rings. The molecule has 0 bridgehead atoms. The Hall–Kier alpha value is -1.46. The van der Waals surface area contributed by atoms with Crippen molar-refractivity contribution in [3.8, 4) is 0 Å². The molecule has 2 N–H and O–H groups in total. The second-order valence-electron chi connectivity index (χ2n) is 6.50. The van der Waals surface area contributed by atoms with Crippen molar-refractivity contribution in [2.75, 3.05) is 13.1 Å². The van der Waals surface area contributed by atoms with Crippen molar-refractivity contribution in [1.29, 1.82) is 0 Å². The van der Waals surface area contributed by atoms with E-state index < -0.39 is 5.60 Å². The molecule has 1 aliphatic heterocycles. The predicted octanol–water partition coefficient (Wildman–Crippen LogP) is 1.82. The van der Waals surface area contributed by atoms with Gasteiger partial charge in [-0.15, -0.1) is 0 Å². The lowest BCUT2D eigenvalue weighted by Gasteiger charge is -2.40. The molecule has 1 atom stereocenters. The average molecular weight is 306 g/mol. The minimum absolute atomic E-state index is 0.213. The molecule has 0 aromatic heterocycles. The van der Waals surface area contributed by atoms with E-state index in [0.717, 1.165) is 24.8 Å². The SMILES string of the molecule is O=C1N(Cc2ccc(F)cc2)CCC[C@]1(O)CNC1CCC1. The number of likely N-dealkylation sites (tertiary alicyclic amines) is 1. The van der Waals surface area contributed by atoms with E-state index in [-0.39, 0.29) is 11.7 Å². The Bertz CT molecular complexity index is 530. The van der Waals surface area contributed by atoms with Crippen LogP contribution >= 0.6 is 0 Å². The van der Waals surface area contributed by atoms with Crippen molar-refractivity contribution < 1.29 is 14.3 Å². The summed E-state index contributed by atoms with van der Waals surface area (Å²) < 4.78 is 13.0. The molecule has 1 aromatic rings. The van der Waals surface area contributed by atoms with Crippen molar-refractivity contribution in [1.82, 2.24) is 10.2 Å². The summed E-state index contributed by atoms with van der Waals surface area (Å²) in [5, 5.41) is 14.0. The lowest BCUT2D eigenvalue weighted by atomic mass is 9.88. The van der Waals surface area contributed by atoms with Crippen LogP contribution in [0.5, 0.6) is 0 Å². The van der Waals surface area contributed by atoms with Gasteiger partial charge in [0.05, 0.1) is 0 Å². The van der Waals surface area contributed by atoms with E-state index in [0.29, 0.717) is 32.1 Å². The van der Waals surface area contributed by atoms with Crippen LogP contribution in [0.25, 0.3) is 0 Å². The largest absolute Gasteiger partial charge is 0.379 e. The number of rotatable bonds is 5. The summed E-state index contributed by atoms with van der Waals surface area (Å²) in [6, 6.07) is 6.61. The fourth-order valence-corrected chi connectivity index (χ4v) is 3.12. The maximum Gasteiger partial charge on any atom is 0.256 e. The Morgan fingerprint density at radius 2 is 2.00 bits per heavy atom. The molecule has 1 saturated heterocycles. The van der Waals surface area contributed by atoms with Crippen LogP contribution in [0.4, 0.5) is 4.39 Å². The summed E-state index contributed by atoms with van der Waals surface area (Å²) in [6.07, 6.45) is 4.77. The molecule has 22 heavy (non-hydrogen) atoms. The molecule has 1 amide bonds. The Balaban J connectivity index is 1.62. The maximum atomic E-state index is 13.0. The molecule has 2 aliphatic rings. The zero-order chi connectivity index (χ0) is 15.6. The van der Waals surface area contributed by atoms with E-state index in [9.17, 15) is 14.3 Å². The zero-order valence-corrected chi connectivity index (χ0v) is 12.7. The van der Waals surface area contributed by atoms with Gasteiger partial charge in [0.25, 0.3) is 5.91 Å². The Labute approximate surface area is 130 Å². The highest BCUT2D eigenvalue weighted by Crippen LogP contribution is 2.25. The standard InChI is InChI=1S/C17H23FN2O2/c18-14-7-5-13(6-8-14)11-20-10-2-9-17(22,16(20)21)12-19-15-3-1-4-15/h5-8,15,19,22H,1-4,9-12H2/t17-/m0/s1. The van der Waals surface area contributed by atoms with Crippen molar-refractivity contribution in [2.24, 2.45) is 0 Å². The number of halogens is 1. The third-order valence-corrected chi connectivity index (χ3v) is 4.78. The summed E-state index contributed by atoms with van der Waals surface area (Å²) in [7, 11) is 0. The minimum atomic E-state index is -1.30. The van der Waals surface area contributed by atoms with Crippen LogP contribution < -0.4 is 5.32 Å². The second-order valence-corrected chi connectivity index (χ2v) is 6.50. The zero-order valence-electron chi connectivity index (χ0n) is 12.7. The number of carbonyl (C=O) groups is 1. The molecule has 0 unspecified atom stereocenters. The van der Waals surface area contributed by atoms with Gasteiger partial charge in [0.1, 0.15) is 5.82 Å². The minimum Gasteiger partial charge on any atom is -0.379 e. The van der Waals surface area contributed by atoms with Crippen LogP contribution in [-0.4, -0.2) is 40.6 Å². The lowest BCUT2D eigenvalue weighted by molar-refractivity contribution is -0.157. The van der Waals surface area contributed by atoms with Gasteiger partial charge in [-0.2, -0.15) is 0 Å². The molecule has 3 rings (SSSR count). The van der Waals surface area contributed by atoms with Crippen LogP contribution in [0.3, 0.4) is 0 Å². The highest BCUT2D eigenvalue weighted by Gasteiger charge is 2.42. The maximum absolute atomic E-state index is 13.0. The number of nitrogens with one attached hydrogen (secondary N) is 1. The van der Waals surface area contributed by atoms with Gasteiger partial charge in [-0.05, 0) is 43.4 Å². The molecular formula is C17H23FN2O2. The van der Waals surface area contributed by atoms with Gasteiger partial charge in [-0.3, -0.25) is 4.79 Å². The predicted molar refractivity (Wildman–Crippen MR) is 81.6 cm³/mol. The number of carbonyl (C=O) groups excluding carboxylic acids is 1. The number of aliphatic hydroxyl groups is 1. The molecule has 1 heterocycles. The Morgan fingerprint density at radius 3 is 2.64 bits per heavy atom. The van der Waals surface area contributed by atoms with Crippen LogP contribution in [0.2, 0.25) is 0 Å². The fraction of sp³-hybridized carbons (Fsp3) is 0.588. The topological polar surface area (TPSA) is 52.6 Å². The van der Waals surface area contributed by atoms with E-state index in [4.69, 9.17) is 0 Å². The van der Waals surface area contributed by atoms with E-state index in [2.05, 4.69) is 5.32 Å². The molecule has 1 aliphatic carbocycles. The molecule has 0 spiro atoms. The third kappa shape index (κ3) is 3.31. The van der Waals surface area contributed by atoms with Crippen molar-refractivity contribution in [3.05, 3.63) is 35.6 Å². The highest BCUT2D eigenvalue weighted by atomic mass is 19.1. The Morgan fingerprint density at radius 1 is 1.27 bits per heavy atom. The monoisotopic (exact) mass is 306 g/mol. The number of benzene rings is 1. The molecule has 1 aromatic carbocycles. The molecule has 0 radical (unpaired) electrons. The first-order valence-corrected chi connectivity index (χ1v) is 8.06. The first-order valence-electron chi connectivity index (χ1n) is 8.06. The van der Waals surface area contributed by atoms with Gasteiger partial charge < -0.3 is 15.3 Å². The summed E-state index contributed by atoms with van der Waals surface area (Å²) >= 11 is 0. The van der Waals surface area contributed by atoms with Crippen molar-refractivity contribution >= 4 is 5.91 Å². The first-order chi connectivity index (χ1) is 10.6. The molecular weight excluding hydrogens is 283 g/mol. The van der Waals surface area contributed by atoms with Gasteiger partial charge in [0.2, 0.25) is 0 Å². The average Bonchev–Trinajstić information content (AvgIpc) is 2.45. The second kappa shape index (κ2) is 6.34. The summed E-state index contributed by atoms with van der Waals surface area (Å²) in [6.45, 7) is 1.39. The highest BCUT2D eigenvalue weighted by molar-refractivity contribution is 5.86. The van der Waals surface area contributed by atoms with Crippen LogP contribution in [0.15, 0.2) is 24.3 Å². The lowest BCUT2D eigenvalue weighted by Crippen LogP contribution is -2.59. The Kier molecular flexibility index (Phi) is 4.45. The van der Waals surface area contributed by atoms with Crippen molar-refractivity contribution in [2.45, 2.75) is 50.3 Å². The molecule has 1 saturated carbocycles. The normalized spacial score (nSPS) is 26.1. The third-order valence-electron chi connectivity index (χ3n) is 4.78. The summed E-state index contributed by atoms with van der Waals surface area (Å²) in [5.41, 5.74) is -0.417. The molecule has 5 heteroatoms. The summed E-state index contributed by atoms with van der Waals surface area (Å²) in [4.78, 5) is 14.3. The van der Waals surface area contributed by atoms with Gasteiger partial charge in [0.15, 0.2) is 5.60 Å². The van der Waals surface area contributed by atoms with Crippen LogP contribution in [0.1, 0.15) is 37.7 Å². The fourth-order valence-electron chi connectivity index (χ4n) is 3.12. The van der Waals surface area contributed by atoms with E-state index >= 15 is 0 Å². The van der Waals surface area contributed by atoms with Crippen molar-refractivity contribution in [3.63, 3.8) is 0 Å². The molecule has 120 valence electrons. The van der Waals surface area contributed by atoms with Gasteiger partial charge in [-0.25, -0.2) is 4.39 Å². The quantitative estimate of drug-likeness (QED) is 0.872. The van der Waals surface area contributed by atoms with Gasteiger partial charge in [0, 0.05) is 25.7 Å². The van der Waals surface area contributed by atoms with E-state index in [1.165, 1.54) is 18.6 Å². The smallest absolute Gasteiger partial charge is 0.256 e. The van der Waals surface area contributed by atoms with Gasteiger partial charge in [-0.1, -0.05) is 18.6 Å². The number of piperidine rings is 1.